The van der Waals surface area contributed by atoms with Crippen molar-refractivity contribution in [2.45, 2.75) is 53.0 Å². The van der Waals surface area contributed by atoms with E-state index in [1.807, 2.05) is 11.9 Å². The Labute approximate surface area is 143 Å². The minimum Gasteiger partial charge on any atom is -0.379 e. The first-order valence-corrected chi connectivity index (χ1v) is 8.94. The van der Waals surface area contributed by atoms with Crippen LogP contribution < -0.4 is 0 Å². The molecule has 0 saturated heterocycles. The van der Waals surface area contributed by atoms with Gasteiger partial charge < -0.3 is 19.3 Å². The van der Waals surface area contributed by atoms with E-state index in [-0.39, 0.29) is 5.91 Å². The first-order chi connectivity index (χ1) is 10.8. The molecule has 0 aromatic carbocycles. The van der Waals surface area contributed by atoms with Crippen molar-refractivity contribution in [2.75, 3.05) is 53.6 Å². The van der Waals surface area contributed by atoms with Crippen LogP contribution in [0.25, 0.3) is 0 Å². The number of carbonyl (C=O) groups is 1. The molecule has 0 aliphatic heterocycles. The van der Waals surface area contributed by atoms with Gasteiger partial charge in [0.05, 0.1) is 32.8 Å². The van der Waals surface area contributed by atoms with Crippen molar-refractivity contribution in [3.63, 3.8) is 0 Å². The van der Waals surface area contributed by atoms with Gasteiger partial charge in [-0.15, -0.1) is 0 Å². The molecule has 0 heterocycles. The second kappa shape index (κ2) is 13.8. The number of ether oxygens (including phenoxy) is 2. The number of hydrogen-bond donors (Lipinski definition) is 0. The normalized spacial score (nSPS) is 11.7. The fourth-order valence-electron chi connectivity index (χ4n) is 2.00. The van der Waals surface area contributed by atoms with Crippen molar-refractivity contribution in [1.29, 1.82) is 0 Å². The molecule has 0 aliphatic rings. The molecule has 0 atom stereocenters. The molecule has 138 valence electrons. The van der Waals surface area contributed by atoms with Gasteiger partial charge in [0.25, 0.3) is 0 Å². The van der Waals surface area contributed by atoms with E-state index in [9.17, 15) is 4.79 Å². The summed E-state index contributed by atoms with van der Waals surface area (Å²) in [6.45, 7) is 12.8. The third-order valence-electron chi connectivity index (χ3n) is 4.00. The van der Waals surface area contributed by atoms with E-state index in [0.29, 0.717) is 38.2 Å². The summed E-state index contributed by atoms with van der Waals surface area (Å²) in [6, 6.07) is 0.540. The van der Waals surface area contributed by atoms with Crippen LogP contribution in [-0.4, -0.2) is 75.4 Å². The zero-order valence-corrected chi connectivity index (χ0v) is 16.1. The molecular formula is C18H38N2O3. The van der Waals surface area contributed by atoms with Gasteiger partial charge in [0.15, 0.2) is 0 Å². The lowest BCUT2D eigenvalue weighted by molar-refractivity contribution is -0.131. The number of amides is 1. The zero-order chi connectivity index (χ0) is 17.7. The van der Waals surface area contributed by atoms with E-state index in [1.54, 1.807) is 0 Å². The van der Waals surface area contributed by atoms with Gasteiger partial charge in [-0.05, 0) is 39.7 Å². The largest absolute Gasteiger partial charge is 0.379 e. The quantitative estimate of drug-likeness (QED) is 0.459. The van der Waals surface area contributed by atoms with Gasteiger partial charge in [-0.3, -0.25) is 4.79 Å². The Morgan fingerprint density at radius 2 is 1.52 bits per heavy atom. The summed E-state index contributed by atoms with van der Waals surface area (Å²) in [5.74, 6) is 0.857. The van der Waals surface area contributed by atoms with Crippen LogP contribution in [0.15, 0.2) is 0 Å². The molecule has 0 radical (unpaired) electrons. The van der Waals surface area contributed by atoms with E-state index in [0.717, 1.165) is 32.5 Å². The fraction of sp³-hybridized carbons (Fsp3) is 0.944. The average Bonchev–Trinajstić information content (AvgIpc) is 2.48. The number of rotatable bonds is 14. The summed E-state index contributed by atoms with van der Waals surface area (Å²) in [6.07, 6.45) is 2.69. The van der Waals surface area contributed by atoms with Crippen LogP contribution in [0.1, 0.15) is 47.0 Å². The predicted molar refractivity (Wildman–Crippen MR) is 95.7 cm³/mol. The van der Waals surface area contributed by atoms with Crippen molar-refractivity contribution < 1.29 is 14.3 Å². The summed E-state index contributed by atoms with van der Waals surface area (Å²) < 4.78 is 11.0. The van der Waals surface area contributed by atoms with Gasteiger partial charge in [-0.25, -0.2) is 0 Å². The lowest BCUT2D eigenvalue weighted by atomic mass is 10.1. The van der Waals surface area contributed by atoms with Crippen molar-refractivity contribution in [3.8, 4) is 0 Å². The maximum atomic E-state index is 11.9. The Morgan fingerprint density at radius 3 is 2.09 bits per heavy atom. The van der Waals surface area contributed by atoms with E-state index >= 15 is 0 Å². The molecule has 0 aromatic heterocycles. The number of likely N-dealkylation sites (N-methyl/N-ethyl adjacent to an activating group) is 1. The summed E-state index contributed by atoms with van der Waals surface area (Å²) in [7, 11) is 3.96. The molecule has 0 aromatic rings. The Balaban J connectivity index is 3.44. The van der Waals surface area contributed by atoms with Crippen molar-refractivity contribution in [1.82, 2.24) is 9.80 Å². The van der Waals surface area contributed by atoms with Crippen LogP contribution in [-0.2, 0) is 14.3 Å². The summed E-state index contributed by atoms with van der Waals surface area (Å²) in [5.41, 5.74) is 0. The average molecular weight is 331 g/mol. The Kier molecular flexibility index (Phi) is 13.4. The van der Waals surface area contributed by atoms with Crippen LogP contribution in [0.3, 0.4) is 0 Å². The van der Waals surface area contributed by atoms with Gasteiger partial charge in [0.2, 0.25) is 5.91 Å². The van der Waals surface area contributed by atoms with Crippen molar-refractivity contribution >= 4 is 5.91 Å². The van der Waals surface area contributed by atoms with Crippen molar-refractivity contribution in [2.24, 2.45) is 5.92 Å². The minimum absolute atomic E-state index is 0.160. The minimum atomic E-state index is 0.160. The monoisotopic (exact) mass is 330 g/mol. The highest BCUT2D eigenvalue weighted by molar-refractivity contribution is 5.75. The summed E-state index contributed by atoms with van der Waals surface area (Å²) in [4.78, 5) is 16.0. The van der Waals surface area contributed by atoms with E-state index < -0.39 is 0 Å². The Hall–Kier alpha value is -0.650. The molecular weight excluding hydrogens is 292 g/mol. The van der Waals surface area contributed by atoms with E-state index in [4.69, 9.17) is 9.47 Å². The number of hydrogen-bond acceptors (Lipinski definition) is 4. The smallest absolute Gasteiger partial charge is 0.224 e. The molecule has 0 unspecified atom stereocenters. The van der Waals surface area contributed by atoms with Crippen molar-refractivity contribution in [3.05, 3.63) is 0 Å². The summed E-state index contributed by atoms with van der Waals surface area (Å²) >= 11 is 0. The highest BCUT2D eigenvalue weighted by atomic mass is 16.5. The third-order valence-corrected chi connectivity index (χ3v) is 4.00. The maximum absolute atomic E-state index is 11.9. The van der Waals surface area contributed by atoms with Gasteiger partial charge >= 0.3 is 0 Å². The van der Waals surface area contributed by atoms with Crippen LogP contribution in [0.4, 0.5) is 0 Å². The predicted octanol–water partition coefficient (Wildman–Crippen LogP) is 2.64. The Morgan fingerprint density at radius 1 is 0.913 bits per heavy atom. The van der Waals surface area contributed by atoms with Gasteiger partial charge in [0, 0.05) is 26.2 Å². The second-order valence-electron chi connectivity index (χ2n) is 6.90. The molecule has 0 fully saturated rings. The highest BCUT2D eigenvalue weighted by Gasteiger charge is 2.08. The van der Waals surface area contributed by atoms with Crippen LogP contribution in [0.5, 0.6) is 0 Å². The van der Waals surface area contributed by atoms with Gasteiger partial charge in [-0.2, -0.15) is 0 Å². The second-order valence-corrected chi connectivity index (χ2v) is 6.90. The zero-order valence-electron chi connectivity index (χ0n) is 16.1. The fourth-order valence-corrected chi connectivity index (χ4v) is 2.00. The molecule has 0 bridgehead atoms. The lowest BCUT2D eigenvalue weighted by Gasteiger charge is -2.20. The molecule has 0 saturated carbocycles. The third kappa shape index (κ3) is 13.5. The molecule has 5 heteroatoms. The molecule has 23 heavy (non-hydrogen) atoms. The van der Waals surface area contributed by atoms with Crippen LogP contribution >= 0.6 is 0 Å². The van der Waals surface area contributed by atoms with E-state index in [2.05, 4.69) is 39.6 Å². The molecule has 1 amide bonds. The molecule has 0 spiro atoms. The summed E-state index contributed by atoms with van der Waals surface area (Å²) in [5, 5.41) is 0. The lowest BCUT2D eigenvalue weighted by Crippen LogP contribution is -2.30. The first-order valence-electron chi connectivity index (χ1n) is 8.94. The van der Waals surface area contributed by atoms with Crippen LogP contribution in [0.2, 0.25) is 0 Å². The first kappa shape index (κ1) is 22.4. The number of nitrogens with zero attached hydrogens (tertiary/aromatic N) is 2. The highest BCUT2D eigenvalue weighted by Crippen LogP contribution is 2.04. The standard InChI is InChI=1S/C18H38N2O3/c1-16(2)8-7-10-20(6)18(21)9-12-22-14-15-23-13-11-19(5)17(3)4/h16-17H,7-15H2,1-6H3. The number of carbonyl (C=O) groups excluding carboxylic acids is 1. The van der Waals surface area contributed by atoms with E-state index in [1.165, 1.54) is 0 Å². The molecule has 0 N–H and O–H groups in total. The van der Waals surface area contributed by atoms with Gasteiger partial charge in [-0.1, -0.05) is 13.8 Å². The Bertz CT molecular complexity index is 296. The topological polar surface area (TPSA) is 42.0 Å². The van der Waals surface area contributed by atoms with Crippen LogP contribution in [0, 0.1) is 5.92 Å². The van der Waals surface area contributed by atoms with Gasteiger partial charge in [0.1, 0.15) is 0 Å². The SMILES string of the molecule is CC(C)CCCN(C)C(=O)CCOCCOCCN(C)C(C)C. The molecule has 5 nitrogen and oxygen atoms in total. The molecule has 0 rings (SSSR count). The maximum Gasteiger partial charge on any atom is 0.224 e. The molecule has 0 aliphatic carbocycles.